The monoisotopic (exact) mass is 471 g/mol. The van der Waals surface area contributed by atoms with Crippen molar-refractivity contribution < 1.29 is 18.0 Å². The van der Waals surface area contributed by atoms with E-state index in [9.17, 15) is 22.8 Å². The summed E-state index contributed by atoms with van der Waals surface area (Å²) in [7, 11) is 0. The van der Waals surface area contributed by atoms with Gasteiger partial charge in [-0.1, -0.05) is 36.4 Å². The number of alkyl halides is 3. The summed E-state index contributed by atoms with van der Waals surface area (Å²) in [5.74, 6) is -0.149. The Bertz CT molecular complexity index is 1340. The third kappa shape index (κ3) is 3.90. The molecule has 170 valence electrons. The highest BCUT2D eigenvalue weighted by Gasteiger charge is 2.36. The van der Waals surface area contributed by atoms with E-state index < -0.39 is 17.8 Å². The molecule has 3 aromatic rings. The molecule has 2 N–H and O–H groups in total. The van der Waals surface area contributed by atoms with Gasteiger partial charge in [0.25, 0.3) is 5.56 Å². The van der Waals surface area contributed by atoms with Gasteiger partial charge in [-0.15, -0.1) is 0 Å². The Balaban J connectivity index is 1.38. The third-order valence-electron chi connectivity index (χ3n) is 6.44. The minimum Gasteiger partial charge on any atom is -0.347 e. The van der Waals surface area contributed by atoms with Gasteiger partial charge in [-0.3, -0.25) is 14.6 Å². The van der Waals surface area contributed by atoms with Crippen LogP contribution in [0.25, 0.3) is 11.1 Å². The zero-order valence-corrected chi connectivity index (χ0v) is 18.2. The van der Waals surface area contributed by atoms with Crippen LogP contribution in [0.2, 0.25) is 0 Å². The maximum absolute atomic E-state index is 12.8. The van der Waals surface area contributed by atoms with E-state index in [1.165, 1.54) is 12.1 Å². The Hall–Kier alpha value is -3.20. The van der Waals surface area contributed by atoms with Crippen molar-refractivity contribution in [2.45, 2.75) is 43.9 Å². The summed E-state index contributed by atoms with van der Waals surface area (Å²) in [4.78, 5) is 27.7. The predicted molar refractivity (Wildman–Crippen MR) is 119 cm³/mol. The molecule has 5 rings (SSSR count). The molecule has 1 saturated heterocycles. The maximum atomic E-state index is 12.8. The average Bonchev–Trinajstić information content (AvgIpc) is 3.41. The fourth-order valence-corrected chi connectivity index (χ4v) is 5.11. The molecule has 1 aromatic heterocycles. The molecule has 2 heterocycles. The van der Waals surface area contributed by atoms with Gasteiger partial charge in [-0.25, -0.2) is 0 Å². The molecule has 1 fully saturated rings. The van der Waals surface area contributed by atoms with E-state index in [-0.39, 0.29) is 22.3 Å². The number of amides is 1. The number of nitrogens with zero attached hydrogens (tertiary/aromatic N) is 1. The second kappa shape index (κ2) is 7.98. The molecule has 33 heavy (non-hydrogen) atoms. The van der Waals surface area contributed by atoms with Gasteiger partial charge in [-0.05, 0) is 60.3 Å². The van der Waals surface area contributed by atoms with Crippen LogP contribution in [-0.2, 0) is 23.8 Å². The van der Waals surface area contributed by atoms with E-state index in [0.717, 1.165) is 41.8 Å². The molecular weight excluding hydrogens is 451 g/mol. The summed E-state index contributed by atoms with van der Waals surface area (Å²) < 4.78 is 40.4. The molecule has 1 amide bonds. The van der Waals surface area contributed by atoms with Crippen molar-refractivity contribution in [3.05, 3.63) is 86.0 Å². The van der Waals surface area contributed by atoms with Crippen LogP contribution in [0.3, 0.4) is 0 Å². The fourth-order valence-electron chi connectivity index (χ4n) is 4.78. The molecule has 5 nitrogen and oxygen atoms in total. The molecule has 9 heteroatoms. The largest absolute Gasteiger partial charge is 0.416 e. The van der Waals surface area contributed by atoms with E-state index in [1.54, 1.807) is 4.57 Å². The maximum Gasteiger partial charge on any atom is 0.416 e. The Morgan fingerprint density at radius 2 is 1.58 bits per heavy atom. The van der Waals surface area contributed by atoms with Crippen LogP contribution >= 0.6 is 12.2 Å². The molecule has 2 aromatic carbocycles. The molecule has 0 bridgehead atoms. The lowest BCUT2D eigenvalue weighted by molar-refractivity contribution is -0.137. The summed E-state index contributed by atoms with van der Waals surface area (Å²) in [6, 6.07) is 11.7. The van der Waals surface area contributed by atoms with Crippen LogP contribution in [-0.4, -0.2) is 15.5 Å². The first-order valence-corrected chi connectivity index (χ1v) is 11.1. The number of hydrogen-bond donors (Lipinski definition) is 2. The molecule has 1 aliphatic heterocycles. The highest BCUT2D eigenvalue weighted by atomic mass is 32.1. The van der Waals surface area contributed by atoms with Gasteiger partial charge in [-0.2, -0.15) is 13.2 Å². The number of halogens is 3. The SMILES string of the molecule is O=C1NC(c2ccc(-c3ccc(C(F)(F)F)cc3)cc2)CC1n1c2c(c(=O)[nH]c1=S)CCC2. The van der Waals surface area contributed by atoms with Gasteiger partial charge < -0.3 is 9.88 Å². The van der Waals surface area contributed by atoms with Gasteiger partial charge >= 0.3 is 6.18 Å². The summed E-state index contributed by atoms with van der Waals surface area (Å²) in [5, 5.41) is 3.01. The second-order valence-electron chi connectivity index (χ2n) is 8.42. The zero-order chi connectivity index (χ0) is 23.3. The number of rotatable bonds is 3. The minimum absolute atomic E-state index is 0.149. The van der Waals surface area contributed by atoms with Crippen LogP contribution in [0.1, 0.15) is 47.3 Å². The van der Waals surface area contributed by atoms with Crippen molar-refractivity contribution in [3.63, 3.8) is 0 Å². The molecule has 2 aliphatic rings. The molecule has 0 radical (unpaired) electrons. The first kappa shape index (κ1) is 21.6. The lowest BCUT2D eigenvalue weighted by atomic mass is 9.98. The van der Waals surface area contributed by atoms with Crippen LogP contribution in [0.15, 0.2) is 53.3 Å². The topological polar surface area (TPSA) is 66.9 Å². The van der Waals surface area contributed by atoms with Crippen molar-refractivity contribution in [3.8, 4) is 11.1 Å². The minimum atomic E-state index is -4.37. The number of hydrogen-bond acceptors (Lipinski definition) is 3. The van der Waals surface area contributed by atoms with E-state index in [2.05, 4.69) is 10.3 Å². The number of benzene rings is 2. The quantitative estimate of drug-likeness (QED) is 0.535. The van der Waals surface area contributed by atoms with Crippen LogP contribution in [0.4, 0.5) is 13.2 Å². The second-order valence-corrected chi connectivity index (χ2v) is 8.80. The number of fused-ring (bicyclic) bond motifs is 1. The van der Waals surface area contributed by atoms with E-state index in [4.69, 9.17) is 12.2 Å². The molecule has 2 unspecified atom stereocenters. The number of carbonyl (C=O) groups excluding carboxylic acids is 1. The fraction of sp³-hybridized carbons (Fsp3) is 0.292. The first-order chi connectivity index (χ1) is 15.7. The Labute approximate surface area is 192 Å². The summed E-state index contributed by atoms with van der Waals surface area (Å²) in [6.45, 7) is 0. The average molecular weight is 472 g/mol. The number of carbonyl (C=O) groups is 1. The van der Waals surface area contributed by atoms with Crippen molar-refractivity contribution in [1.82, 2.24) is 14.9 Å². The molecule has 0 spiro atoms. The summed E-state index contributed by atoms with van der Waals surface area (Å²) >= 11 is 5.39. The normalized spacial score (nSPS) is 20.0. The molecule has 2 atom stereocenters. The predicted octanol–water partition coefficient (Wildman–Crippen LogP) is 4.88. The van der Waals surface area contributed by atoms with Crippen LogP contribution in [0.5, 0.6) is 0 Å². The molecule has 0 saturated carbocycles. The Kier molecular flexibility index (Phi) is 5.23. The number of nitrogens with one attached hydrogen (secondary N) is 2. The number of H-pyrrole nitrogens is 1. The van der Waals surface area contributed by atoms with Gasteiger partial charge in [0.1, 0.15) is 6.04 Å². The van der Waals surface area contributed by atoms with Gasteiger partial charge in [0.15, 0.2) is 4.77 Å². The van der Waals surface area contributed by atoms with E-state index in [0.29, 0.717) is 24.0 Å². The Morgan fingerprint density at radius 1 is 0.939 bits per heavy atom. The molecule has 1 aliphatic carbocycles. The van der Waals surface area contributed by atoms with Crippen molar-refractivity contribution in [2.24, 2.45) is 0 Å². The summed E-state index contributed by atoms with van der Waals surface area (Å²) in [6.07, 6.45) is -1.61. The van der Waals surface area contributed by atoms with Gasteiger partial charge in [0, 0.05) is 17.7 Å². The number of aromatic nitrogens is 2. The van der Waals surface area contributed by atoms with Gasteiger partial charge in [0.05, 0.1) is 11.6 Å². The first-order valence-electron chi connectivity index (χ1n) is 10.7. The lowest BCUT2D eigenvalue weighted by Gasteiger charge is -2.17. The standard InChI is InChI=1S/C24H20F3N3O2S/c25-24(26,27)16-10-8-14(9-11-16)13-4-6-15(7-5-13)18-12-20(22(32)28-18)30-19-3-1-2-17(19)21(31)29-23(30)33/h4-11,18,20H,1-3,12H2,(H,28,32)(H,29,31,33). The Morgan fingerprint density at radius 3 is 2.21 bits per heavy atom. The van der Waals surface area contributed by atoms with Crippen molar-refractivity contribution >= 4 is 18.1 Å². The van der Waals surface area contributed by atoms with Gasteiger partial charge in [0.2, 0.25) is 5.91 Å². The zero-order valence-electron chi connectivity index (χ0n) is 17.4. The van der Waals surface area contributed by atoms with Crippen LogP contribution < -0.4 is 10.9 Å². The third-order valence-corrected chi connectivity index (χ3v) is 6.74. The molecular formula is C24H20F3N3O2S. The highest BCUT2D eigenvalue weighted by molar-refractivity contribution is 7.71. The number of aromatic amines is 1. The lowest BCUT2D eigenvalue weighted by Crippen LogP contribution is -2.28. The van der Waals surface area contributed by atoms with E-state index >= 15 is 0 Å². The van der Waals surface area contributed by atoms with Crippen molar-refractivity contribution in [1.29, 1.82) is 0 Å². The highest BCUT2D eigenvalue weighted by Crippen LogP contribution is 2.35. The summed E-state index contributed by atoms with van der Waals surface area (Å²) in [5.41, 5.74) is 3.07. The van der Waals surface area contributed by atoms with Crippen molar-refractivity contribution in [2.75, 3.05) is 0 Å². The smallest absolute Gasteiger partial charge is 0.347 e. The van der Waals surface area contributed by atoms with E-state index in [1.807, 2.05) is 24.3 Å². The van der Waals surface area contributed by atoms with Crippen LogP contribution in [0, 0.1) is 4.77 Å².